The Kier molecular flexibility index (Phi) is 7.68. The number of benzene rings is 2. The molecule has 41 heavy (non-hydrogen) atoms. The first kappa shape index (κ1) is 27.4. The van der Waals surface area contributed by atoms with Crippen LogP contribution in [-0.4, -0.2) is 34.2 Å². The number of carbonyl (C=O) groups excluding carboxylic acids is 1. The van der Waals surface area contributed by atoms with Crippen LogP contribution in [0.15, 0.2) is 78.0 Å². The van der Waals surface area contributed by atoms with Gasteiger partial charge >= 0.3 is 0 Å². The molecule has 0 saturated carbocycles. The highest BCUT2D eigenvalue weighted by Crippen LogP contribution is 2.31. The van der Waals surface area contributed by atoms with Crippen molar-refractivity contribution in [2.75, 3.05) is 19.1 Å². The maximum Gasteiger partial charge on any atom is 0.261 e. The van der Waals surface area contributed by atoms with Crippen LogP contribution in [0.3, 0.4) is 0 Å². The zero-order chi connectivity index (χ0) is 29.1. The second-order valence-electron chi connectivity index (χ2n) is 8.97. The topological polar surface area (TPSA) is 95.3 Å². The van der Waals surface area contributed by atoms with Gasteiger partial charge in [0.2, 0.25) is 5.43 Å². The number of ether oxygens (including phenoxy) is 2. The van der Waals surface area contributed by atoms with Gasteiger partial charge in [0.1, 0.15) is 29.3 Å². The molecule has 0 spiro atoms. The molecule has 0 radical (unpaired) electrons. The summed E-state index contributed by atoms with van der Waals surface area (Å²) in [6.45, 7) is 0.770. The van der Waals surface area contributed by atoms with E-state index in [1.54, 1.807) is 13.0 Å². The van der Waals surface area contributed by atoms with E-state index in [-0.39, 0.29) is 34.9 Å². The number of aromatic nitrogens is 3. The van der Waals surface area contributed by atoms with E-state index in [1.807, 2.05) is 0 Å². The van der Waals surface area contributed by atoms with Crippen molar-refractivity contribution in [1.29, 1.82) is 0 Å². The summed E-state index contributed by atoms with van der Waals surface area (Å²) >= 11 is 0. The van der Waals surface area contributed by atoms with Gasteiger partial charge < -0.3 is 19.4 Å². The van der Waals surface area contributed by atoms with Crippen LogP contribution in [0.2, 0.25) is 0 Å². The van der Waals surface area contributed by atoms with E-state index in [1.165, 1.54) is 72.7 Å². The Morgan fingerprint density at radius 1 is 1.02 bits per heavy atom. The Labute approximate surface area is 232 Å². The number of anilines is 1. The first-order valence-electron chi connectivity index (χ1n) is 12.4. The number of hydrogen-bond acceptors (Lipinski definition) is 6. The van der Waals surface area contributed by atoms with Gasteiger partial charge in [0, 0.05) is 47.5 Å². The predicted octanol–water partition coefficient (Wildman–Crippen LogP) is 6.07. The molecule has 0 fully saturated rings. The van der Waals surface area contributed by atoms with Gasteiger partial charge in [0.15, 0.2) is 17.3 Å². The van der Waals surface area contributed by atoms with Crippen LogP contribution < -0.4 is 20.2 Å². The van der Waals surface area contributed by atoms with E-state index >= 15 is 4.39 Å². The van der Waals surface area contributed by atoms with E-state index in [2.05, 4.69) is 15.3 Å². The van der Waals surface area contributed by atoms with Gasteiger partial charge in [-0.05, 0) is 36.8 Å². The molecule has 0 aliphatic heterocycles. The summed E-state index contributed by atoms with van der Waals surface area (Å²) in [5.74, 6) is -1.47. The average molecular weight is 561 g/mol. The maximum absolute atomic E-state index is 15.1. The van der Waals surface area contributed by atoms with Crippen molar-refractivity contribution < 1.29 is 27.4 Å². The van der Waals surface area contributed by atoms with Gasteiger partial charge in [-0.1, -0.05) is 12.1 Å². The quantitative estimate of drug-likeness (QED) is 0.248. The molecule has 2 aromatic carbocycles. The summed E-state index contributed by atoms with van der Waals surface area (Å²) in [5, 5.41) is 2.51. The van der Waals surface area contributed by atoms with Gasteiger partial charge in [-0.2, -0.15) is 0 Å². The van der Waals surface area contributed by atoms with Crippen LogP contribution in [0.1, 0.15) is 16.1 Å². The molecule has 5 rings (SSSR count). The zero-order valence-electron chi connectivity index (χ0n) is 22.0. The molecule has 0 aliphatic carbocycles. The molecule has 3 heterocycles. The number of pyridine rings is 3. The van der Waals surface area contributed by atoms with Crippen molar-refractivity contribution in [3.63, 3.8) is 0 Å². The number of hydrogen-bond donors (Lipinski definition) is 1. The minimum absolute atomic E-state index is 0.0580. The number of aryl methyl sites for hydroxylation is 1. The van der Waals surface area contributed by atoms with Crippen molar-refractivity contribution in [1.82, 2.24) is 14.5 Å². The standard InChI is InChI=1S/C30H23F3N4O4/c1-17-27(18-3-5-19(32)6-4-18)29(38)22(16-37(17)12-10-31)30(39)36-20-7-8-25(23(33)13-20)41-26-9-11-34-24-14-21(40-2)15-35-28(24)26/h3-9,11,13-16H,10,12H2,1-2H3,(H,36,39). The third-order valence-electron chi connectivity index (χ3n) is 6.41. The monoisotopic (exact) mass is 560 g/mol. The Hall–Kier alpha value is -5.19. The Balaban J connectivity index is 1.43. The lowest BCUT2D eigenvalue weighted by molar-refractivity contribution is 0.102. The molecular weight excluding hydrogens is 537 g/mol. The molecule has 0 aliphatic rings. The number of rotatable bonds is 8. The molecule has 1 amide bonds. The van der Waals surface area contributed by atoms with Gasteiger partial charge in [-0.25, -0.2) is 18.2 Å². The highest BCUT2D eigenvalue weighted by Gasteiger charge is 2.20. The third-order valence-corrected chi connectivity index (χ3v) is 6.41. The number of amides is 1. The van der Waals surface area contributed by atoms with Crippen molar-refractivity contribution in [3.05, 3.63) is 106 Å². The second-order valence-corrected chi connectivity index (χ2v) is 8.97. The zero-order valence-corrected chi connectivity index (χ0v) is 22.0. The first-order chi connectivity index (χ1) is 19.8. The first-order valence-corrected chi connectivity index (χ1v) is 12.4. The highest BCUT2D eigenvalue weighted by atomic mass is 19.1. The molecule has 1 N–H and O–H groups in total. The number of halogens is 3. The van der Waals surface area contributed by atoms with Crippen molar-refractivity contribution in [3.8, 4) is 28.4 Å². The smallest absolute Gasteiger partial charge is 0.261 e. The fourth-order valence-electron chi connectivity index (χ4n) is 4.35. The predicted molar refractivity (Wildman–Crippen MR) is 147 cm³/mol. The minimum Gasteiger partial charge on any atom is -0.495 e. The third kappa shape index (κ3) is 5.60. The van der Waals surface area contributed by atoms with E-state index in [4.69, 9.17) is 9.47 Å². The fourth-order valence-corrected chi connectivity index (χ4v) is 4.35. The Morgan fingerprint density at radius 3 is 2.51 bits per heavy atom. The summed E-state index contributed by atoms with van der Waals surface area (Å²) in [7, 11) is 1.50. The SMILES string of the molecule is COc1cnc2c(Oc3ccc(NC(=O)c4cn(CCF)c(C)c(-c5ccc(F)cc5)c4=O)cc3F)ccnc2c1. The number of carbonyl (C=O) groups is 1. The molecule has 0 bridgehead atoms. The van der Waals surface area contributed by atoms with Crippen LogP contribution >= 0.6 is 0 Å². The van der Waals surface area contributed by atoms with Gasteiger partial charge in [0.25, 0.3) is 5.91 Å². The molecular formula is C30H23F3N4O4. The number of alkyl halides is 1. The molecule has 0 unspecified atom stereocenters. The van der Waals surface area contributed by atoms with Crippen molar-refractivity contribution in [2.24, 2.45) is 0 Å². The average Bonchev–Trinajstić information content (AvgIpc) is 2.96. The normalized spacial score (nSPS) is 11.0. The fraction of sp³-hybridized carbons (Fsp3) is 0.133. The Bertz CT molecular complexity index is 1820. The molecule has 5 aromatic rings. The lowest BCUT2D eigenvalue weighted by atomic mass is 10.0. The largest absolute Gasteiger partial charge is 0.495 e. The van der Waals surface area contributed by atoms with E-state index < -0.39 is 29.6 Å². The molecule has 0 atom stereocenters. The number of nitrogens with zero attached hydrogens (tertiary/aromatic N) is 3. The van der Waals surface area contributed by atoms with Crippen LogP contribution in [-0.2, 0) is 6.54 Å². The maximum atomic E-state index is 15.1. The second kappa shape index (κ2) is 11.5. The summed E-state index contributed by atoms with van der Waals surface area (Å²) in [6.07, 6.45) is 4.23. The van der Waals surface area contributed by atoms with Crippen LogP contribution in [0.5, 0.6) is 17.2 Å². The van der Waals surface area contributed by atoms with Crippen LogP contribution in [0, 0.1) is 18.6 Å². The van der Waals surface area contributed by atoms with Crippen molar-refractivity contribution in [2.45, 2.75) is 13.5 Å². The number of nitrogens with one attached hydrogen (secondary N) is 1. The lowest BCUT2D eigenvalue weighted by Gasteiger charge is -2.16. The molecule has 0 saturated heterocycles. The number of methoxy groups -OCH3 is 1. The van der Waals surface area contributed by atoms with E-state index in [0.717, 1.165) is 6.07 Å². The minimum atomic E-state index is -0.822. The van der Waals surface area contributed by atoms with Gasteiger partial charge in [0.05, 0.1) is 25.4 Å². The lowest BCUT2D eigenvalue weighted by Crippen LogP contribution is -2.26. The summed E-state index contributed by atoms with van der Waals surface area (Å²) in [5.41, 5.74) is 0.956. The molecule has 3 aromatic heterocycles. The van der Waals surface area contributed by atoms with Crippen molar-refractivity contribution >= 4 is 22.6 Å². The van der Waals surface area contributed by atoms with Crippen LogP contribution in [0.4, 0.5) is 18.9 Å². The summed E-state index contributed by atoms with van der Waals surface area (Å²) in [4.78, 5) is 35.0. The van der Waals surface area contributed by atoms with E-state index in [0.29, 0.717) is 28.0 Å². The van der Waals surface area contributed by atoms with Gasteiger partial charge in [-0.3, -0.25) is 14.6 Å². The highest BCUT2D eigenvalue weighted by molar-refractivity contribution is 6.04. The van der Waals surface area contributed by atoms with Crippen LogP contribution in [0.25, 0.3) is 22.2 Å². The summed E-state index contributed by atoms with van der Waals surface area (Å²) in [6, 6.07) is 12.2. The molecule has 8 nitrogen and oxygen atoms in total. The molecule has 208 valence electrons. The van der Waals surface area contributed by atoms with Gasteiger partial charge in [-0.15, -0.1) is 0 Å². The van der Waals surface area contributed by atoms with E-state index in [9.17, 15) is 18.4 Å². The Morgan fingerprint density at radius 2 is 1.80 bits per heavy atom. The summed E-state index contributed by atoms with van der Waals surface area (Å²) < 4.78 is 54.1. The number of fused-ring (bicyclic) bond motifs is 1. The molecule has 11 heteroatoms.